The number of benzene rings is 2. The second-order valence-corrected chi connectivity index (χ2v) is 8.74. The predicted molar refractivity (Wildman–Crippen MR) is 110 cm³/mol. The van der Waals surface area contributed by atoms with Gasteiger partial charge in [-0.1, -0.05) is 23.7 Å². The molecule has 8 nitrogen and oxygen atoms in total. The van der Waals surface area contributed by atoms with Crippen molar-refractivity contribution in [2.45, 2.75) is 17.7 Å². The number of rotatable bonds is 6. The molecule has 152 valence electrons. The third kappa shape index (κ3) is 5.00. The number of nitrogens with one attached hydrogen (secondary N) is 1. The lowest BCUT2D eigenvalue weighted by Gasteiger charge is -2.17. The number of anilines is 1. The van der Waals surface area contributed by atoms with Crippen molar-refractivity contribution < 1.29 is 18.1 Å². The maximum atomic E-state index is 12.8. The van der Waals surface area contributed by atoms with Crippen LogP contribution in [0.2, 0.25) is 5.02 Å². The van der Waals surface area contributed by atoms with Crippen molar-refractivity contribution in [2.75, 3.05) is 18.4 Å². The predicted octanol–water partition coefficient (Wildman–Crippen LogP) is 3.68. The number of amides is 1. The molecular weight excluding hydrogens is 418 g/mol. The molecule has 0 bridgehead atoms. The summed E-state index contributed by atoms with van der Waals surface area (Å²) >= 11 is 6.09. The summed E-state index contributed by atoms with van der Waals surface area (Å²) < 4.78 is 26.9. The van der Waals surface area contributed by atoms with Gasteiger partial charge in [0.1, 0.15) is 4.90 Å². The molecule has 3 rings (SSSR count). The van der Waals surface area contributed by atoms with Crippen LogP contribution in [-0.2, 0) is 14.8 Å². The molecule has 10 heteroatoms. The largest absolute Gasteiger partial charge is 0.322 e. The van der Waals surface area contributed by atoms with Gasteiger partial charge in [0.05, 0.1) is 9.95 Å². The number of non-ortho nitro benzene ring substituents is 1. The number of hydrogen-bond acceptors (Lipinski definition) is 5. The SMILES string of the molecule is O=C(/C=C/c1cccc([N+](=O)[O-])c1)Nc1ccc(Cl)c(S(=O)(=O)N2CCCC2)c1. The Hall–Kier alpha value is -2.75. The molecule has 0 atom stereocenters. The summed E-state index contributed by atoms with van der Waals surface area (Å²) in [7, 11) is -3.73. The number of carbonyl (C=O) groups excluding carboxylic acids is 1. The molecule has 1 fully saturated rings. The first-order valence-electron chi connectivity index (χ1n) is 8.80. The molecule has 1 amide bonds. The highest BCUT2D eigenvalue weighted by Gasteiger charge is 2.29. The summed E-state index contributed by atoms with van der Waals surface area (Å²) in [4.78, 5) is 22.4. The van der Waals surface area contributed by atoms with E-state index in [0.29, 0.717) is 18.7 Å². The van der Waals surface area contributed by atoms with Gasteiger partial charge in [-0.3, -0.25) is 14.9 Å². The Morgan fingerprint density at radius 1 is 1.17 bits per heavy atom. The molecule has 1 aliphatic heterocycles. The Morgan fingerprint density at radius 3 is 2.59 bits per heavy atom. The number of sulfonamides is 1. The average molecular weight is 436 g/mol. The maximum absolute atomic E-state index is 12.8. The fourth-order valence-corrected chi connectivity index (χ4v) is 4.96. The van der Waals surface area contributed by atoms with E-state index in [4.69, 9.17) is 11.6 Å². The summed E-state index contributed by atoms with van der Waals surface area (Å²) in [6.45, 7) is 0.891. The molecule has 1 heterocycles. The van der Waals surface area contributed by atoms with Gasteiger partial charge in [0.25, 0.3) is 5.69 Å². The minimum atomic E-state index is -3.73. The van der Waals surface area contributed by atoms with Crippen LogP contribution < -0.4 is 5.32 Å². The van der Waals surface area contributed by atoms with E-state index in [2.05, 4.69) is 5.32 Å². The lowest BCUT2D eigenvalue weighted by atomic mass is 10.2. The van der Waals surface area contributed by atoms with E-state index in [9.17, 15) is 23.3 Å². The van der Waals surface area contributed by atoms with E-state index in [-0.39, 0.29) is 21.3 Å². The Bertz CT molecular complexity index is 1080. The number of nitrogens with zero attached hydrogens (tertiary/aromatic N) is 2. The second kappa shape index (κ2) is 8.73. The molecule has 29 heavy (non-hydrogen) atoms. The molecule has 2 aromatic carbocycles. The van der Waals surface area contributed by atoms with Crippen LogP contribution in [0.15, 0.2) is 53.4 Å². The summed E-state index contributed by atoms with van der Waals surface area (Å²) in [6, 6.07) is 10.1. The van der Waals surface area contributed by atoms with Gasteiger partial charge in [-0.25, -0.2) is 8.42 Å². The van der Waals surface area contributed by atoms with E-state index < -0.39 is 20.9 Å². The lowest BCUT2D eigenvalue weighted by Crippen LogP contribution is -2.28. The van der Waals surface area contributed by atoms with Crippen molar-refractivity contribution in [3.05, 3.63) is 69.2 Å². The quantitative estimate of drug-likeness (QED) is 0.422. The molecule has 1 N–H and O–H groups in total. The highest BCUT2D eigenvalue weighted by Crippen LogP contribution is 2.29. The van der Waals surface area contributed by atoms with Crippen molar-refractivity contribution >= 4 is 45.0 Å². The minimum absolute atomic E-state index is 0.0541. The van der Waals surface area contributed by atoms with Crippen molar-refractivity contribution in [2.24, 2.45) is 0 Å². The van der Waals surface area contributed by atoms with Gasteiger partial charge in [-0.15, -0.1) is 0 Å². The van der Waals surface area contributed by atoms with Crippen molar-refractivity contribution in [1.29, 1.82) is 0 Å². The van der Waals surface area contributed by atoms with E-state index in [1.165, 1.54) is 52.9 Å². The van der Waals surface area contributed by atoms with Crippen LogP contribution in [0, 0.1) is 10.1 Å². The Kier molecular flexibility index (Phi) is 6.31. The molecule has 0 aromatic heterocycles. The topological polar surface area (TPSA) is 110 Å². The van der Waals surface area contributed by atoms with Crippen LogP contribution in [0.3, 0.4) is 0 Å². The number of nitro benzene ring substituents is 1. The van der Waals surface area contributed by atoms with Gasteiger partial charge in [0.15, 0.2) is 0 Å². The zero-order valence-corrected chi connectivity index (χ0v) is 16.8. The van der Waals surface area contributed by atoms with Crippen LogP contribution in [-0.4, -0.2) is 36.6 Å². The molecule has 2 aromatic rings. The van der Waals surface area contributed by atoms with Gasteiger partial charge in [0, 0.05) is 37.0 Å². The van der Waals surface area contributed by atoms with Gasteiger partial charge in [-0.05, 0) is 42.7 Å². The lowest BCUT2D eigenvalue weighted by molar-refractivity contribution is -0.384. The minimum Gasteiger partial charge on any atom is -0.322 e. The monoisotopic (exact) mass is 435 g/mol. The van der Waals surface area contributed by atoms with Crippen LogP contribution in [0.4, 0.5) is 11.4 Å². The first kappa shape index (κ1) is 21.0. The highest BCUT2D eigenvalue weighted by atomic mass is 35.5. The first-order chi connectivity index (χ1) is 13.8. The maximum Gasteiger partial charge on any atom is 0.270 e. The van der Waals surface area contributed by atoms with E-state index >= 15 is 0 Å². The fourth-order valence-electron chi connectivity index (χ4n) is 2.94. The van der Waals surface area contributed by atoms with Crippen molar-refractivity contribution in [1.82, 2.24) is 4.31 Å². The second-order valence-electron chi connectivity index (χ2n) is 6.43. The summed E-state index contributed by atoms with van der Waals surface area (Å²) in [5.74, 6) is -0.511. The van der Waals surface area contributed by atoms with Gasteiger partial charge in [0.2, 0.25) is 15.9 Å². The van der Waals surface area contributed by atoms with E-state index in [1.54, 1.807) is 6.07 Å². The highest BCUT2D eigenvalue weighted by molar-refractivity contribution is 7.89. The summed E-state index contributed by atoms with van der Waals surface area (Å²) in [5.41, 5.74) is 0.686. The normalized spacial score (nSPS) is 14.9. The van der Waals surface area contributed by atoms with Crippen molar-refractivity contribution in [3.8, 4) is 0 Å². The smallest absolute Gasteiger partial charge is 0.270 e. The zero-order chi connectivity index (χ0) is 21.0. The number of halogens is 1. The summed E-state index contributed by atoms with van der Waals surface area (Å²) in [6.07, 6.45) is 4.24. The molecule has 0 unspecified atom stereocenters. The van der Waals surface area contributed by atoms with E-state index in [1.807, 2.05) is 0 Å². The van der Waals surface area contributed by atoms with Crippen LogP contribution in [0.1, 0.15) is 18.4 Å². The van der Waals surface area contributed by atoms with E-state index in [0.717, 1.165) is 12.8 Å². The van der Waals surface area contributed by atoms with Crippen molar-refractivity contribution in [3.63, 3.8) is 0 Å². The number of carbonyl (C=O) groups is 1. The van der Waals surface area contributed by atoms with Gasteiger partial charge < -0.3 is 5.32 Å². The van der Waals surface area contributed by atoms with Crippen LogP contribution in [0.25, 0.3) is 6.08 Å². The fraction of sp³-hybridized carbons (Fsp3) is 0.211. The van der Waals surface area contributed by atoms with Crippen LogP contribution >= 0.6 is 11.6 Å². The molecule has 1 saturated heterocycles. The Balaban J connectivity index is 1.76. The average Bonchev–Trinajstić information content (AvgIpc) is 3.24. The standard InChI is InChI=1S/C19H18ClN3O5S/c20-17-8-7-15(13-18(17)29(27,28)22-10-1-2-11-22)21-19(24)9-6-14-4-3-5-16(12-14)23(25)26/h3-9,12-13H,1-2,10-11H2,(H,21,24)/b9-6+. The molecule has 1 aliphatic rings. The van der Waals surface area contributed by atoms with Gasteiger partial charge in [-0.2, -0.15) is 4.31 Å². The third-order valence-electron chi connectivity index (χ3n) is 4.39. The molecule has 0 radical (unpaired) electrons. The molecule has 0 saturated carbocycles. The summed E-state index contributed by atoms with van der Waals surface area (Å²) in [5, 5.41) is 13.5. The first-order valence-corrected chi connectivity index (χ1v) is 10.6. The Morgan fingerprint density at radius 2 is 1.90 bits per heavy atom. The number of hydrogen-bond donors (Lipinski definition) is 1. The third-order valence-corrected chi connectivity index (χ3v) is 6.77. The molecule has 0 spiro atoms. The zero-order valence-electron chi connectivity index (χ0n) is 15.2. The van der Waals surface area contributed by atoms with Crippen LogP contribution in [0.5, 0.6) is 0 Å². The molecular formula is C19H18ClN3O5S. The molecule has 0 aliphatic carbocycles. The van der Waals surface area contributed by atoms with Gasteiger partial charge >= 0.3 is 0 Å². The number of nitro groups is 1. The Labute approximate surface area is 173 Å².